The molecule has 19 heavy (non-hydrogen) atoms. The van der Waals surface area contributed by atoms with Gasteiger partial charge in [-0.2, -0.15) is 11.8 Å². The van der Waals surface area contributed by atoms with Crippen molar-refractivity contribution in [1.29, 1.82) is 0 Å². The molecule has 2 N–H and O–H groups in total. The minimum absolute atomic E-state index is 0.0142. The van der Waals surface area contributed by atoms with Crippen molar-refractivity contribution in [1.82, 2.24) is 4.72 Å². The molecule has 0 aliphatic heterocycles. The van der Waals surface area contributed by atoms with Crippen molar-refractivity contribution in [2.75, 3.05) is 12.0 Å². The van der Waals surface area contributed by atoms with Gasteiger partial charge in [0.2, 0.25) is 10.0 Å². The number of carbonyl (C=O) groups is 1. The zero-order valence-corrected chi connectivity index (χ0v) is 12.6. The van der Waals surface area contributed by atoms with Gasteiger partial charge in [-0.15, -0.1) is 0 Å². The monoisotopic (exact) mass is 303 g/mol. The van der Waals surface area contributed by atoms with Crippen LogP contribution in [0.3, 0.4) is 0 Å². The lowest BCUT2D eigenvalue weighted by molar-refractivity contribution is 0.0696. The summed E-state index contributed by atoms with van der Waals surface area (Å²) in [6.45, 7) is 3.41. The van der Waals surface area contributed by atoms with Crippen LogP contribution >= 0.6 is 11.8 Å². The highest BCUT2D eigenvalue weighted by molar-refractivity contribution is 7.98. The molecule has 0 spiro atoms. The number of rotatable bonds is 6. The molecule has 106 valence electrons. The van der Waals surface area contributed by atoms with Gasteiger partial charge in [0.25, 0.3) is 0 Å². The zero-order valence-electron chi connectivity index (χ0n) is 11.0. The second-order valence-corrected chi connectivity index (χ2v) is 6.86. The molecular weight excluding hydrogens is 286 g/mol. The lowest BCUT2D eigenvalue weighted by atomic mass is 10.1. The van der Waals surface area contributed by atoms with Crippen LogP contribution in [0.4, 0.5) is 0 Å². The Morgan fingerprint density at radius 2 is 2.11 bits per heavy atom. The van der Waals surface area contributed by atoms with Gasteiger partial charge in [0.05, 0.1) is 10.5 Å². The van der Waals surface area contributed by atoms with Gasteiger partial charge in [-0.25, -0.2) is 17.9 Å². The molecular formula is C12H17NO4S2. The average molecular weight is 303 g/mol. The molecule has 0 amide bonds. The second-order valence-electron chi connectivity index (χ2n) is 4.26. The van der Waals surface area contributed by atoms with Crippen LogP contribution < -0.4 is 4.72 Å². The van der Waals surface area contributed by atoms with Crippen LogP contribution in [0, 0.1) is 6.92 Å². The fraction of sp³-hybridized carbons (Fsp3) is 0.417. The number of aromatic carboxylic acids is 1. The van der Waals surface area contributed by atoms with E-state index in [9.17, 15) is 13.2 Å². The molecule has 0 radical (unpaired) electrons. The van der Waals surface area contributed by atoms with Crippen LogP contribution in [-0.2, 0) is 10.0 Å². The van der Waals surface area contributed by atoms with Crippen molar-refractivity contribution in [2.24, 2.45) is 0 Å². The second kappa shape index (κ2) is 6.40. The number of carboxylic acids is 1. The van der Waals surface area contributed by atoms with E-state index in [0.717, 1.165) is 0 Å². The first-order valence-electron chi connectivity index (χ1n) is 5.63. The van der Waals surface area contributed by atoms with Crippen LogP contribution in [0.1, 0.15) is 22.8 Å². The summed E-state index contributed by atoms with van der Waals surface area (Å²) in [5, 5.41) is 8.91. The molecule has 5 nitrogen and oxygen atoms in total. The summed E-state index contributed by atoms with van der Waals surface area (Å²) in [4.78, 5) is 10.9. The fourth-order valence-electron chi connectivity index (χ4n) is 1.63. The molecule has 0 fully saturated rings. The zero-order chi connectivity index (χ0) is 14.6. The van der Waals surface area contributed by atoms with Crippen LogP contribution in [0.2, 0.25) is 0 Å². The van der Waals surface area contributed by atoms with Gasteiger partial charge < -0.3 is 5.11 Å². The van der Waals surface area contributed by atoms with Gasteiger partial charge in [-0.05, 0) is 37.8 Å². The van der Waals surface area contributed by atoms with Crippen LogP contribution in [0.5, 0.6) is 0 Å². The maximum atomic E-state index is 12.2. The Bertz CT molecular complexity index is 569. The molecule has 1 atom stereocenters. The minimum atomic E-state index is -3.70. The summed E-state index contributed by atoms with van der Waals surface area (Å²) in [7, 11) is -3.70. The number of benzene rings is 1. The first-order valence-corrected chi connectivity index (χ1v) is 8.51. The standard InChI is InChI=1S/C12H17NO4S2/c1-8-4-5-10(12(14)15)6-11(8)19(16,17)13-9(2)7-18-3/h4-6,9,13H,7H2,1-3H3,(H,14,15). The van der Waals surface area contributed by atoms with E-state index in [-0.39, 0.29) is 16.5 Å². The van der Waals surface area contributed by atoms with Gasteiger partial charge >= 0.3 is 5.97 Å². The van der Waals surface area contributed by atoms with Gasteiger partial charge in [0.15, 0.2) is 0 Å². The largest absolute Gasteiger partial charge is 0.478 e. The van der Waals surface area contributed by atoms with E-state index in [4.69, 9.17) is 5.11 Å². The highest BCUT2D eigenvalue weighted by Gasteiger charge is 2.20. The van der Waals surface area contributed by atoms with Crippen molar-refractivity contribution in [2.45, 2.75) is 24.8 Å². The van der Waals surface area contributed by atoms with Crippen molar-refractivity contribution in [3.05, 3.63) is 29.3 Å². The normalized spacial score (nSPS) is 13.2. The molecule has 1 unspecified atom stereocenters. The topological polar surface area (TPSA) is 83.5 Å². The number of nitrogens with one attached hydrogen (secondary N) is 1. The summed E-state index contributed by atoms with van der Waals surface area (Å²) in [5.41, 5.74) is 0.484. The first kappa shape index (κ1) is 16.0. The molecule has 1 aromatic carbocycles. The highest BCUT2D eigenvalue weighted by atomic mass is 32.2. The molecule has 0 saturated heterocycles. The van der Waals surface area contributed by atoms with E-state index in [2.05, 4.69) is 4.72 Å². The lowest BCUT2D eigenvalue weighted by Crippen LogP contribution is -2.34. The van der Waals surface area contributed by atoms with E-state index in [1.165, 1.54) is 30.0 Å². The SMILES string of the molecule is CSCC(C)NS(=O)(=O)c1cc(C(=O)O)ccc1C. The summed E-state index contributed by atoms with van der Waals surface area (Å²) < 4.78 is 26.9. The summed E-state index contributed by atoms with van der Waals surface area (Å²) in [6, 6.07) is 3.86. The van der Waals surface area contributed by atoms with Crippen molar-refractivity contribution in [3.63, 3.8) is 0 Å². The van der Waals surface area contributed by atoms with E-state index in [1.807, 2.05) is 6.26 Å². The average Bonchev–Trinajstić information content (AvgIpc) is 2.28. The Hall–Kier alpha value is -1.05. The quantitative estimate of drug-likeness (QED) is 0.836. The van der Waals surface area contributed by atoms with Crippen molar-refractivity contribution in [3.8, 4) is 0 Å². The Balaban J connectivity index is 3.13. The van der Waals surface area contributed by atoms with E-state index in [0.29, 0.717) is 11.3 Å². The molecule has 0 bridgehead atoms. The molecule has 0 heterocycles. The van der Waals surface area contributed by atoms with Gasteiger partial charge in [-0.1, -0.05) is 6.07 Å². The Morgan fingerprint density at radius 3 is 2.63 bits per heavy atom. The van der Waals surface area contributed by atoms with E-state index in [1.54, 1.807) is 13.8 Å². The number of hydrogen-bond acceptors (Lipinski definition) is 4. The summed E-state index contributed by atoms with van der Waals surface area (Å²) in [5.74, 6) is -0.495. The third-order valence-corrected chi connectivity index (χ3v) is 5.06. The number of sulfonamides is 1. The molecule has 0 saturated carbocycles. The third-order valence-electron chi connectivity index (χ3n) is 2.50. The molecule has 0 aliphatic carbocycles. The fourth-order valence-corrected chi connectivity index (χ4v) is 3.84. The molecule has 0 aromatic heterocycles. The van der Waals surface area contributed by atoms with Crippen molar-refractivity contribution < 1.29 is 18.3 Å². The Morgan fingerprint density at radius 1 is 1.47 bits per heavy atom. The van der Waals surface area contributed by atoms with Crippen LogP contribution in [0.25, 0.3) is 0 Å². The minimum Gasteiger partial charge on any atom is -0.478 e. The Kier molecular flexibility index (Phi) is 5.39. The van der Waals surface area contributed by atoms with E-state index >= 15 is 0 Å². The summed E-state index contributed by atoms with van der Waals surface area (Å²) >= 11 is 1.54. The molecule has 0 aliphatic rings. The molecule has 7 heteroatoms. The highest BCUT2D eigenvalue weighted by Crippen LogP contribution is 2.17. The molecule has 1 rings (SSSR count). The number of carboxylic acid groups (broad SMARTS) is 1. The number of thioether (sulfide) groups is 1. The van der Waals surface area contributed by atoms with Gasteiger partial charge in [0, 0.05) is 11.8 Å². The van der Waals surface area contributed by atoms with Crippen molar-refractivity contribution >= 4 is 27.8 Å². The number of aryl methyl sites for hydroxylation is 1. The summed E-state index contributed by atoms with van der Waals surface area (Å²) in [6.07, 6.45) is 1.89. The van der Waals surface area contributed by atoms with Crippen LogP contribution in [-0.4, -0.2) is 37.5 Å². The Labute approximate surface area is 117 Å². The predicted octanol–water partition coefficient (Wildman–Crippen LogP) is 1.72. The maximum absolute atomic E-state index is 12.2. The molecule has 1 aromatic rings. The number of hydrogen-bond donors (Lipinski definition) is 2. The smallest absolute Gasteiger partial charge is 0.335 e. The van der Waals surface area contributed by atoms with Gasteiger partial charge in [0.1, 0.15) is 0 Å². The maximum Gasteiger partial charge on any atom is 0.335 e. The van der Waals surface area contributed by atoms with Gasteiger partial charge in [-0.3, -0.25) is 0 Å². The third kappa shape index (κ3) is 4.22. The predicted molar refractivity (Wildman–Crippen MR) is 76.3 cm³/mol. The van der Waals surface area contributed by atoms with E-state index < -0.39 is 16.0 Å². The first-order chi connectivity index (χ1) is 8.77. The van der Waals surface area contributed by atoms with Crippen LogP contribution in [0.15, 0.2) is 23.1 Å². The lowest BCUT2D eigenvalue weighted by Gasteiger charge is -2.14.